The maximum absolute atomic E-state index is 13.0. The number of nitrogens with two attached hydrogens (primary N) is 1. The lowest BCUT2D eigenvalue weighted by atomic mass is 9.99. The molecule has 3 aromatic rings. The highest BCUT2D eigenvalue weighted by molar-refractivity contribution is 7.10. The van der Waals surface area contributed by atoms with Gasteiger partial charge in [0.15, 0.2) is 5.82 Å². The zero-order valence-corrected chi connectivity index (χ0v) is 13.9. The maximum Gasteiger partial charge on any atom is 0.277 e. The number of rotatable bonds is 4. The number of benzene rings is 1. The molecule has 1 aliphatic rings. The molecule has 0 spiro atoms. The van der Waals surface area contributed by atoms with Crippen molar-refractivity contribution in [3.05, 3.63) is 51.9 Å². The lowest BCUT2D eigenvalue weighted by molar-refractivity contribution is 0.372. The predicted molar refractivity (Wildman–Crippen MR) is 88.9 cm³/mol. The summed E-state index contributed by atoms with van der Waals surface area (Å²) in [6, 6.07) is 6.44. The summed E-state index contributed by atoms with van der Waals surface area (Å²) in [5.41, 5.74) is 7.57. The highest BCUT2D eigenvalue weighted by Gasteiger charge is 2.36. The fourth-order valence-electron chi connectivity index (χ4n) is 3.03. The topological polar surface area (TPSA) is 77.8 Å². The van der Waals surface area contributed by atoms with Crippen molar-refractivity contribution in [2.75, 3.05) is 0 Å². The van der Waals surface area contributed by atoms with Crippen molar-refractivity contribution in [2.45, 2.75) is 37.6 Å². The van der Waals surface area contributed by atoms with Crippen LogP contribution >= 0.6 is 11.3 Å². The van der Waals surface area contributed by atoms with E-state index in [2.05, 4.69) is 15.1 Å². The molecule has 2 N–H and O–H groups in total. The predicted octanol–water partition coefficient (Wildman–Crippen LogP) is 3.65. The Morgan fingerprint density at radius 1 is 1.17 bits per heavy atom. The van der Waals surface area contributed by atoms with Crippen LogP contribution in [0.15, 0.2) is 34.2 Å². The first-order chi connectivity index (χ1) is 11.6. The molecule has 0 unspecified atom stereocenters. The molecule has 24 heavy (non-hydrogen) atoms. The second-order valence-corrected chi connectivity index (χ2v) is 7.16. The van der Waals surface area contributed by atoms with Crippen LogP contribution in [0.2, 0.25) is 0 Å². The van der Waals surface area contributed by atoms with E-state index in [0.717, 1.165) is 36.3 Å². The molecule has 4 rings (SSSR count). The van der Waals surface area contributed by atoms with E-state index in [4.69, 9.17) is 10.3 Å². The van der Waals surface area contributed by atoms with Crippen molar-refractivity contribution in [3.8, 4) is 11.6 Å². The van der Waals surface area contributed by atoms with E-state index < -0.39 is 5.54 Å². The Labute approximate surface area is 142 Å². The Balaban J connectivity index is 1.52. The van der Waals surface area contributed by atoms with Crippen molar-refractivity contribution < 1.29 is 8.91 Å². The van der Waals surface area contributed by atoms with Gasteiger partial charge in [-0.1, -0.05) is 30.1 Å². The highest BCUT2D eigenvalue weighted by atomic mass is 32.1. The van der Waals surface area contributed by atoms with Crippen LogP contribution in [-0.4, -0.2) is 15.1 Å². The fourth-order valence-corrected chi connectivity index (χ4v) is 3.83. The Kier molecular flexibility index (Phi) is 3.90. The molecule has 1 fully saturated rings. The molecular weight excluding hydrogens is 327 g/mol. The molecule has 2 aromatic heterocycles. The van der Waals surface area contributed by atoms with E-state index in [1.165, 1.54) is 23.5 Å². The SMILES string of the molecule is NC1(c2noc(-c3csc(Cc4ccc(F)cc4)n3)n2)CCCC1. The number of thiazole rings is 1. The fraction of sp³-hybridized carbons (Fsp3) is 0.353. The lowest BCUT2D eigenvalue weighted by Crippen LogP contribution is -2.34. The van der Waals surface area contributed by atoms with Crippen LogP contribution in [0.25, 0.3) is 11.6 Å². The van der Waals surface area contributed by atoms with Crippen LogP contribution in [0.4, 0.5) is 4.39 Å². The number of nitrogens with zero attached hydrogens (tertiary/aromatic N) is 3. The van der Waals surface area contributed by atoms with Gasteiger partial charge in [0, 0.05) is 11.8 Å². The molecule has 1 aliphatic carbocycles. The van der Waals surface area contributed by atoms with Crippen molar-refractivity contribution in [3.63, 3.8) is 0 Å². The Morgan fingerprint density at radius 3 is 2.67 bits per heavy atom. The third-order valence-corrected chi connectivity index (χ3v) is 5.26. The van der Waals surface area contributed by atoms with Crippen molar-refractivity contribution in [2.24, 2.45) is 5.73 Å². The molecule has 2 heterocycles. The molecule has 0 aliphatic heterocycles. The smallest absolute Gasteiger partial charge is 0.277 e. The molecular formula is C17H17FN4OS. The molecule has 0 amide bonds. The van der Waals surface area contributed by atoms with Crippen LogP contribution in [0.3, 0.4) is 0 Å². The molecule has 5 nitrogen and oxygen atoms in total. The van der Waals surface area contributed by atoms with Crippen molar-refractivity contribution in [1.82, 2.24) is 15.1 Å². The second kappa shape index (κ2) is 6.07. The van der Waals surface area contributed by atoms with Crippen LogP contribution in [0.1, 0.15) is 42.1 Å². The summed E-state index contributed by atoms with van der Waals surface area (Å²) >= 11 is 1.52. The van der Waals surface area contributed by atoms with Gasteiger partial charge in [0.25, 0.3) is 5.89 Å². The summed E-state index contributed by atoms with van der Waals surface area (Å²) < 4.78 is 18.3. The monoisotopic (exact) mass is 344 g/mol. The average Bonchev–Trinajstić information content (AvgIpc) is 3.30. The molecule has 1 aromatic carbocycles. The van der Waals surface area contributed by atoms with Gasteiger partial charge < -0.3 is 10.3 Å². The lowest BCUT2D eigenvalue weighted by Gasteiger charge is -2.17. The minimum absolute atomic E-state index is 0.236. The van der Waals surface area contributed by atoms with Crippen molar-refractivity contribution >= 4 is 11.3 Å². The summed E-state index contributed by atoms with van der Waals surface area (Å²) in [7, 11) is 0. The zero-order valence-electron chi connectivity index (χ0n) is 13.0. The van der Waals surface area contributed by atoms with Gasteiger partial charge in [0.1, 0.15) is 11.5 Å². The third-order valence-electron chi connectivity index (χ3n) is 4.41. The largest absolute Gasteiger partial charge is 0.332 e. The molecule has 7 heteroatoms. The highest BCUT2D eigenvalue weighted by Crippen LogP contribution is 2.35. The molecule has 124 valence electrons. The number of hydrogen-bond donors (Lipinski definition) is 1. The van der Waals surface area contributed by atoms with Gasteiger partial charge in [0.05, 0.1) is 10.5 Å². The van der Waals surface area contributed by atoms with E-state index >= 15 is 0 Å². The minimum atomic E-state index is -0.464. The van der Waals surface area contributed by atoms with Crippen LogP contribution in [0, 0.1) is 5.82 Å². The normalized spacial score (nSPS) is 16.6. The van der Waals surface area contributed by atoms with Gasteiger partial charge in [-0.2, -0.15) is 4.98 Å². The van der Waals surface area contributed by atoms with E-state index in [9.17, 15) is 4.39 Å². The molecule has 0 bridgehead atoms. The Hall–Kier alpha value is -2.12. The first-order valence-corrected chi connectivity index (χ1v) is 8.83. The zero-order chi connectivity index (χ0) is 16.6. The standard InChI is InChI=1S/C17H17FN4OS/c18-12-5-3-11(4-6-12)9-14-20-13(10-24-14)15-21-16(22-23-15)17(19)7-1-2-8-17/h3-6,10H,1-2,7-9,19H2. The van der Waals surface area contributed by atoms with Crippen molar-refractivity contribution in [1.29, 1.82) is 0 Å². The second-order valence-electron chi connectivity index (χ2n) is 6.22. The van der Waals surface area contributed by atoms with E-state index in [-0.39, 0.29) is 5.82 Å². The number of halogens is 1. The van der Waals surface area contributed by atoms with E-state index in [1.54, 1.807) is 12.1 Å². The number of hydrogen-bond acceptors (Lipinski definition) is 6. The third kappa shape index (κ3) is 2.97. The van der Waals surface area contributed by atoms with Gasteiger partial charge in [-0.15, -0.1) is 11.3 Å². The molecule has 1 saturated carbocycles. The van der Waals surface area contributed by atoms with Crippen LogP contribution < -0.4 is 5.73 Å². The van der Waals surface area contributed by atoms with Gasteiger partial charge in [-0.05, 0) is 30.5 Å². The summed E-state index contributed by atoms with van der Waals surface area (Å²) in [6.45, 7) is 0. The van der Waals surface area contributed by atoms with Crippen LogP contribution in [-0.2, 0) is 12.0 Å². The Bertz CT molecular complexity index is 836. The minimum Gasteiger partial charge on any atom is -0.332 e. The quantitative estimate of drug-likeness (QED) is 0.781. The molecule has 0 saturated heterocycles. The van der Waals surface area contributed by atoms with Gasteiger partial charge in [-0.25, -0.2) is 9.37 Å². The Morgan fingerprint density at radius 2 is 1.92 bits per heavy atom. The van der Waals surface area contributed by atoms with Crippen LogP contribution in [0.5, 0.6) is 0 Å². The summed E-state index contributed by atoms with van der Waals surface area (Å²) in [4.78, 5) is 9.01. The average molecular weight is 344 g/mol. The first-order valence-electron chi connectivity index (χ1n) is 7.95. The molecule has 0 atom stereocenters. The van der Waals surface area contributed by atoms with Gasteiger partial charge >= 0.3 is 0 Å². The first kappa shape index (κ1) is 15.4. The van der Waals surface area contributed by atoms with Gasteiger partial charge in [0.2, 0.25) is 0 Å². The van der Waals surface area contributed by atoms with E-state index in [0.29, 0.717) is 23.8 Å². The molecule has 0 radical (unpaired) electrons. The number of aromatic nitrogens is 3. The summed E-state index contributed by atoms with van der Waals surface area (Å²) in [6.07, 6.45) is 4.61. The van der Waals surface area contributed by atoms with E-state index in [1.807, 2.05) is 5.38 Å². The maximum atomic E-state index is 13.0. The summed E-state index contributed by atoms with van der Waals surface area (Å²) in [5.74, 6) is 0.742. The van der Waals surface area contributed by atoms with Gasteiger partial charge in [-0.3, -0.25) is 0 Å². The summed E-state index contributed by atoms with van der Waals surface area (Å²) in [5, 5.41) is 6.87.